The summed E-state index contributed by atoms with van der Waals surface area (Å²) in [5, 5.41) is 5.73. The summed E-state index contributed by atoms with van der Waals surface area (Å²) in [5.74, 6) is 6.04. The number of pyridine rings is 1. The van der Waals surface area contributed by atoms with Gasteiger partial charge in [-0.25, -0.2) is 0 Å². The Bertz CT molecular complexity index is 1020. The van der Waals surface area contributed by atoms with E-state index in [-0.39, 0.29) is 0 Å². The van der Waals surface area contributed by atoms with Gasteiger partial charge >= 0.3 is 0 Å². The van der Waals surface area contributed by atoms with Crippen LogP contribution in [0, 0.1) is 0 Å². The molecule has 0 radical (unpaired) electrons. The summed E-state index contributed by atoms with van der Waals surface area (Å²) < 4.78 is 3.28. The molecule has 0 aliphatic rings. The van der Waals surface area contributed by atoms with Crippen molar-refractivity contribution in [3.63, 3.8) is 0 Å². The molecule has 4 rings (SSSR count). The Balaban J connectivity index is 1.98. The van der Waals surface area contributed by atoms with Gasteiger partial charge in [-0.1, -0.05) is 52.0 Å². The minimum absolute atomic E-state index is 0.692. The van der Waals surface area contributed by atoms with Crippen molar-refractivity contribution in [3.8, 4) is 22.3 Å². The Hall–Kier alpha value is -2.56. The van der Waals surface area contributed by atoms with Crippen molar-refractivity contribution < 1.29 is 4.68 Å². The van der Waals surface area contributed by atoms with Crippen molar-refractivity contribution in [2.75, 3.05) is 5.84 Å². The maximum Gasteiger partial charge on any atom is 0.294 e. The van der Waals surface area contributed by atoms with Crippen molar-refractivity contribution in [3.05, 3.63) is 77.2 Å². The van der Waals surface area contributed by atoms with Crippen molar-refractivity contribution in [1.29, 1.82) is 0 Å². The van der Waals surface area contributed by atoms with Gasteiger partial charge in [0.05, 0.1) is 5.56 Å². The predicted molar refractivity (Wildman–Crippen MR) is 96.4 cm³/mol. The first-order valence-corrected chi connectivity index (χ1v) is 8.07. The third-order valence-corrected chi connectivity index (χ3v) is 4.40. The lowest BCUT2D eigenvalue weighted by Gasteiger charge is -2.06. The van der Waals surface area contributed by atoms with E-state index in [2.05, 4.69) is 11.2 Å². The second-order valence-electron chi connectivity index (χ2n) is 5.46. The molecule has 0 saturated carbocycles. The van der Waals surface area contributed by atoms with Gasteiger partial charge in [0.1, 0.15) is 6.20 Å². The molecule has 6 heteroatoms. The van der Waals surface area contributed by atoms with Gasteiger partial charge in [-0.2, -0.15) is 0 Å². The Kier molecular flexibility index (Phi) is 3.63. The molecular weight excluding hydrogens is 343 g/mol. The first kappa shape index (κ1) is 15.0. The molecule has 0 atom stereocenters. The third kappa shape index (κ3) is 2.60. The van der Waals surface area contributed by atoms with E-state index >= 15 is 0 Å². The van der Waals surface area contributed by atoms with Gasteiger partial charge in [0.25, 0.3) is 12.0 Å². The van der Waals surface area contributed by atoms with Crippen LogP contribution in [-0.4, -0.2) is 9.61 Å². The zero-order valence-electron chi connectivity index (χ0n) is 12.5. The number of hydrogen-bond donors (Lipinski definition) is 1. The molecule has 0 fully saturated rings. The highest BCUT2D eigenvalue weighted by Gasteiger charge is 2.18. The molecule has 2 aromatic carbocycles. The van der Waals surface area contributed by atoms with Crippen LogP contribution in [0.1, 0.15) is 0 Å². The highest BCUT2D eigenvalue weighted by molar-refractivity contribution is 6.30. The predicted octanol–water partition coefficient (Wildman–Crippen LogP) is 3.98. The van der Waals surface area contributed by atoms with Crippen LogP contribution in [0.5, 0.6) is 0 Å². The van der Waals surface area contributed by atoms with Gasteiger partial charge in [-0.15, -0.1) is 4.68 Å². The van der Waals surface area contributed by atoms with Crippen LogP contribution in [0.2, 0.25) is 10.0 Å². The molecule has 118 valence electrons. The highest BCUT2D eigenvalue weighted by Crippen LogP contribution is 2.30. The van der Waals surface area contributed by atoms with Gasteiger partial charge in [0.15, 0.2) is 0 Å². The first-order valence-electron chi connectivity index (χ1n) is 7.32. The fourth-order valence-corrected chi connectivity index (χ4v) is 2.98. The summed E-state index contributed by atoms with van der Waals surface area (Å²) in [6, 6.07) is 17.5. The quantitative estimate of drug-likeness (QED) is 0.436. The molecule has 4 aromatic rings. The standard InChI is InChI=1S/C18H13Cl2N4/c19-15-5-1-12(2-6-15)14-9-17(13-3-7-16(20)8-4-13)18-23(21)11-22-24(18)10-14/h1-11H,21H2/q+1. The van der Waals surface area contributed by atoms with Crippen LogP contribution in [-0.2, 0) is 0 Å². The van der Waals surface area contributed by atoms with Gasteiger partial charge < -0.3 is 0 Å². The van der Waals surface area contributed by atoms with E-state index in [1.807, 2.05) is 54.7 Å². The molecule has 0 aliphatic heterocycles. The second-order valence-corrected chi connectivity index (χ2v) is 6.34. The van der Waals surface area contributed by atoms with Crippen LogP contribution in [0.3, 0.4) is 0 Å². The lowest BCUT2D eigenvalue weighted by molar-refractivity contribution is -0.612. The summed E-state index contributed by atoms with van der Waals surface area (Å²) in [6.07, 6.45) is 3.53. The monoisotopic (exact) mass is 355 g/mol. The van der Waals surface area contributed by atoms with Gasteiger partial charge in [-0.05, 0) is 41.5 Å². The number of rotatable bonds is 2. The van der Waals surface area contributed by atoms with E-state index in [0.29, 0.717) is 10.0 Å². The molecule has 2 heterocycles. The van der Waals surface area contributed by atoms with Crippen LogP contribution < -0.4 is 10.5 Å². The molecule has 2 aromatic heterocycles. The number of nitrogens with two attached hydrogens (primary N) is 1. The number of nitrogens with zero attached hydrogens (tertiary/aromatic N) is 3. The zero-order chi connectivity index (χ0) is 16.7. The number of hydrogen-bond acceptors (Lipinski definition) is 2. The molecule has 4 nitrogen and oxygen atoms in total. The molecule has 0 bridgehead atoms. The third-order valence-electron chi connectivity index (χ3n) is 3.90. The van der Waals surface area contributed by atoms with Crippen LogP contribution >= 0.6 is 23.2 Å². The van der Waals surface area contributed by atoms with Crippen LogP contribution in [0.25, 0.3) is 27.9 Å². The Morgan fingerprint density at radius 2 is 1.42 bits per heavy atom. The topological polar surface area (TPSA) is 47.2 Å². The molecule has 0 amide bonds. The number of nitrogen functional groups attached to an aromatic ring is 1. The number of halogens is 2. The Morgan fingerprint density at radius 1 is 0.833 bits per heavy atom. The smallest absolute Gasteiger partial charge is 0.289 e. The largest absolute Gasteiger partial charge is 0.294 e. The van der Waals surface area contributed by atoms with Crippen molar-refractivity contribution in [1.82, 2.24) is 9.61 Å². The van der Waals surface area contributed by atoms with Gasteiger partial charge in [0.2, 0.25) is 0 Å². The zero-order valence-corrected chi connectivity index (χ0v) is 14.0. The number of benzene rings is 2. The normalized spacial score (nSPS) is 11.1. The summed E-state index contributed by atoms with van der Waals surface area (Å²) in [7, 11) is 0. The van der Waals surface area contributed by atoms with Crippen molar-refractivity contribution in [2.45, 2.75) is 0 Å². The summed E-state index contributed by atoms with van der Waals surface area (Å²) in [4.78, 5) is 0. The maximum absolute atomic E-state index is 6.04. The molecule has 0 aliphatic carbocycles. The summed E-state index contributed by atoms with van der Waals surface area (Å²) >= 11 is 12.0. The second kappa shape index (κ2) is 5.82. The van der Waals surface area contributed by atoms with Crippen LogP contribution in [0.4, 0.5) is 0 Å². The van der Waals surface area contributed by atoms with E-state index < -0.39 is 0 Å². The fraction of sp³-hybridized carbons (Fsp3) is 0. The number of fused-ring (bicyclic) bond motifs is 1. The minimum atomic E-state index is 0.692. The van der Waals surface area contributed by atoms with E-state index in [0.717, 1.165) is 27.9 Å². The maximum atomic E-state index is 6.04. The molecular formula is C18H13Cl2N4+. The highest BCUT2D eigenvalue weighted by atomic mass is 35.5. The van der Waals surface area contributed by atoms with Gasteiger partial charge in [-0.3, -0.25) is 5.84 Å². The number of aromatic nitrogens is 3. The SMILES string of the molecule is N[n+]1cnn2cc(-c3ccc(Cl)cc3)cc(-c3ccc(Cl)cc3)c21. The van der Waals surface area contributed by atoms with Crippen molar-refractivity contribution >= 4 is 28.8 Å². The van der Waals surface area contributed by atoms with Gasteiger partial charge in [0, 0.05) is 20.7 Å². The lowest BCUT2D eigenvalue weighted by atomic mass is 10.0. The Morgan fingerprint density at radius 3 is 2.04 bits per heavy atom. The molecule has 2 N–H and O–H groups in total. The van der Waals surface area contributed by atoms with Crippen molar-refractivity contribution in [2.24, 2.45) is 0 Å². The minimum Gasteiger partial charge on any atom is -0.289 e. The average molecular weight is 356 g/mol. The first-order chi connectivity index (χ1) is 11.6. The molecule has 24 heavy (non-hydrogen) atoms. The summed E-state index contributed by atoms with van der Waals surface area (Å²) in [6.45, 7) is 0. The lowest BCUT2D eigenvalue weighted by Crippen LogP contribution is -2.43. The molecule has 0 spiro atoms. The van der Waals surface area contributed by atoms with E-state index in [1.165, 1.54) is 4.68 Å². The molecule has 0 unspecified atom stereocenters. The Labute approximate surface area is 148 Å². The fourth-order valence-electron chi connectivity index (χ4n) is 2.73. The molecule has 0 saturated heterocycles. The summed E-state index contributed by atoms with van der Waals surface area (Å²) in [5.41, 5.74) is 4.86. The van der Waals surface area contributed by atoms with Crippen LogP contribution in [0.15, 0.2) is 67.1 Å². The van der Waals surface area contributed by atoms with E-state index in [1.54, 1.807) is 10.8 Å². The average Bonchev–Trinajstić information content (AvgIpc) is 2.97. The van der Waals surface area contributed by atoms with E-state index in [4.69, 9.17) is 29.0 Å². The van der Waals surface area contributed by atoms with E-state index in [9.17, 15) is 0 Å².